The minimum absolute atomic E-state index is 0.390. The average Bonchev–Trinajstić information content (AvgIpc) is 2.75. The van der Waals surface area contributed by atoms with Crippen molar-refractivity contribution in [3.63, 3.8) is 0 Å². The predicted octanol–water partition coefficient (Wildman–Crippen LogP) is 7.65. The van der Waals surface area contributed by atoms with Crippen molar-refractivity contribution in [2.75, 3.05) is 6.61 Å². The third-order valence-corrected chi connectivity index (χ3v) is 8.83. The van der Waals surface area contributed by atoms with E-state index in [-0.39, 0.29) is 0 Å². The van der Waals surface area contributed by atoms with Gasteiger partial charge < -0.3 is 14.8 Å². The topological polar surface area (TPSA) is 30.5 Å². The molecule has 0 aromatic heterocycles. The van der Waals surface area contributed by atoms with E-state index in [0.717, 1.165) is 51.8 Å². The summed E-state index contributed by atoms with van der Waals surface area (Å²) in [5, 5.41) is 5.00. The van der Waals surface area contributed by atoms with Crippen molar-refractivity contribution in [3.8, 4) is 11.5 Å². The molecule has 0 heterocycles. The summed E-state index contributed by atoms with van der Waals surface area (Å²) >= 11 is 15.9. The predicted molar refractivity (Wildman–Crippen MR) is 134 cm³/mol. The van der Waals surface area contributed by atoms with E-state index in [2.05, 4.69) is 33.4 Å². The minimum atomic E-state index is 0.390. The van der Waals surface area contributed by atoms with Gasteiger partial charge in [0.2, 0.25) is 0 Å². The third-order valence-electron chi connectivity index (χ3n) is 7.50. The Labute approximate surface area is 209 Å². The van der Waals surface area contributed by atoms with Gasteiger partial charge in [0.1, 0.15) is 6.61 Å². The van der Waals surface area contributed by atoms with Crippen molar-refractivity contribution >= 4 is 39.1 Å². The van der Waals surface area contributed by atoms with Crippen LogP contribution in [0.5, 0.6) is 11.5 Å². The Bertz CT molecular complexity index is 955. The van der Waals surface area contributed by atoms with Crippen molar-refractivity contribution in [2.24, 2.45) is 23.7 Å². The van der Waals surface area contributed by atoms with Crippen LogP contribution in [-0.2, 0) is 13.2 Å². The summed E-state index contributed by atoms with van der Waals surface area (Å²) in [5.74, 6) is 5.23. The first-order chi connectivity index (χ1) is 15.5. The van der Waals surface area contributed by atoms with E-state index >= 15 is 0 Å². The molecule has 32 heavy (non-hydrogen) atoms. The van der Waals surface area contributed by atoms with Gasteiger partial charge in [0, 0.05) is 12.6 Å². The van der Waals surface area contributed by atoms with Crippen molar-refractivity contribution in [1.29, 1.82) is 0 Å². The van der Waals surface area contributed by atoms with Crippen LogP contribution in [0.4, 0.5) is 0 Å². The SMILES string of the molecule is CCOc1cc(CNC2C3CC4CC(C3)CC2C4)cc(Br)c1OCc1ccc(Cl)c(Cl)c1. The Balaban J connectivity index is 1.27. The highest BCUT2D eigenvalue weighted by atomic mass is 79.9. The number of benzene rings is 2. The third kappa shape index (κ3) is 4.80. The van der Waals surface area contributed by atoms with Crippen molar-refractivity contribution < 1.29 is 9.47 Å². The van der Waals surface area contributed by atoms with Crippen LogP contribution < -0.4 is 14.8 Å². The van der Waals surface area contributed by atoms with E-state index in [1.54, 1.807) is 6.07 Å². The van der Waals surface area contributed by atoms with Gasteiger partial charge in [0.15, 0.2) is 11.5 Å². The molecule has 1 N–H and O–H groups in total. The van der Waals surface area contributed by atoms with Crippen molar-refractivity contribution in [2.45, 2.75) is 58.2 Å². The molecule has 0 atom stereocenters. The smallest absolute Gasteiger partial charge is 0.175 e. The standard InChI is InChI=1S/C26H30BrCl2NO2/c1-2-31-24-12-18(13-30-25-19-6-16-5-17(8-19)9-20(25)7-16)10-21(27)26(24)32-14-15-3-4-22(28)23(29)11-15/h3-4,10-12,16-17,19-20,25,30H,2,5-9,13-14H2,1H3. The molecule has 4 fully saturated rings. The molecule has 4 aliphatic rings. The van der Waals surface area contributed by atoms with E-state index in [0.29, 0.717) is 29.3 Å². The van der Waals surface area contributed by atoms with Crippen LogP contribution in [0, 0.1) is 23.7 Å². The lowest BCUT2D eigenvalue weighted by atomic mass is 9.54. The van der Waals surface area contributed by atoms with Gasteiger partial charge in [0.25, 0.3) is 0 Å². The highest BCUT2D eigenvalue weighted by molar-refractivity contribution is 9.10. The molecule has 0 radical (unpaired) electrons. The molecule has 4 aliphatic carbocycles. The second-order valence-corrected chi connectivity index (χ2v) is 11.4. The molecular weight excluding hydrogens is 509 g/mol. The minimum Gasteiger partial charge on any atom is -0.490 e. The van der Waals surface area contributed by atoms with Gasteiger partial charge in [-0.3, -0.25) is 0 Å². The molecule has 0 spiro atoms. The van der Waals surface area contributed by atoms with Gasteiger partial charge in [-0.15, -0.1) is 0 Å². The number of hydrogen-bond donors (Lipinski definition) is 1. The maximum absolute atomic E-state index is 6.14. The maximum atomic E-state index is 6.14. The van der Waals surface area contributed by atoms with Gasteiger partial charge in [-0.2, -0.15) is 0 Å². The molecule has 0 saturated heterocycles. The highest BCUT2D eigenvalue weighted by Gasteiger charge is 2.47. The first-order valence-electron chi connectivity index (χ1n) is 11.8. The molecule has 3 nitrogen and oxygen atoms in total. The highest BCUT2D eigenvalue weighted by Crippen LogP contribution is 2.53. The van der Waals surface area contributed by atoms with Crippen LogP contribution in [-0.4, -0.2) is 12.6 Å². The molecule has 6 heteroatoms. The monoisotopic (exact) mass is 537 g/mol. The summed E-state index contributed by atoms with van der Waals surface area (Å²) < 4.78 is 13.0. The molecule has 0 amide bonds. The van der Waals surface area contributed by atoms with Crippen LogP contribution in [0.3, 0.4) is 0 Å². The Kier molecular flexibility index (Phi) is 6.95. The number of ether oxygens (including phenoxy) is 2. The fraction of sp³-hybridized carbons (Fsp3) is 0.538. The first kappa shape index (κ1) is 22.8. The zero-order valence-corrected chi connectivity index (χ0v) is 21.5. The summed E-state index contributed by atoms with van der Waals surface area (Å²) in [6.07, 6.45) is 7.22. The largest absolute Gasteiger partial charge is 0.490 e. The molecule has 6 rings (SSSR count). The van der Waals surface area contributed by atoms with E-state index in [1.807, 2.05) is 19.1 Å². The fourth-order valence-corrected chi connectivity index (χ4v) is 7.33. The molecule has 4 bridgehead atoms. The van der Waals surface area contributed by atoms with Crippen LogP contribution in [0.2, 0.25) is 10.0 Å². The molecule has 0 unspecified atom stereocenters. The Hall–Kier alpha value is -0.940. The van der Waals surface area contributed by atoms with Gasteiger partial charge in [-0.05, 0) is 114 Å². The zero-order chi connectivity index (χ0) is 22.2. The van der Waals surface area contributed by atoms with E-state index in [1.165, 1.54) is 37.7 Å². The molecule has 0 aliphatic heterocycles. The van der Waals surface area contributed by atoms with Crippen LogP contribution >= 0.6 is 39.1 Å². The lowest BCUT2D eigenvalue weighted by Gasteiger charge is -2.54. The lowest BCUT2D eigenvalue weighted by molar-refractivity contribution is -0.0142. The van der Waals surface area contributed by atoms with Crippen LogP contribution in [0.15, 0.2) is 34.8 Å². The first-order valence-corrected chi connectivity index (χ1v) is 13.3. The Morgan fingerprint density at radius 1 is 0.906 bits per heavy atom. The molecule has 2 aromatic carbocycles. The summed E-state index contributed by atoms with van der Waals surface area (Å²) in [5.41, 5.74) is 2.18. The number of nitrogens with one attached hydrogen (secondary N) is 1. The molecular formula is C26H30BrCl2NO2. The van der Waals surface area contributed by atoms with Crippen molar-refractivity contribution in [1.82, 2.24) is 5.32 Å². The van der Waals surface area contributed by atoms with E-state index in [4.69, 9.17) is 32.7 Å². The quantitative estimate of drug-likeness (QED) is 0.374. The Morgan fingerprint density at radius 2 is 1.62 bits per heavy atom. The number of hydrogen-bond acceptors (Lipinski definition) is 3. The Morgan fingerprint density at radius 3 is 2.28 bits per heavy atom. The number of rotatable bonds is 8. The number of halogens is 3. The average molecular weight is 539 g/mol. The van der Waals surface area contributed by atoms with Gasteiger partial charge in [-0.1, -0.05) is 29.3 Å². The summed E-state index contributed by atoms with van der Waals surface area (Å²) in [6.45, 7) is 3.83. The molecule has 172 valence electrons. The van der Waals surface area contributed by atoms with Crippen molar-refractivity contribution in [3.05, 3.63) is 56.0 Å². The lowest BCUT2D eigenvalue weighted by Crippen LogP contribution is -2.54. The second-order valence-electron chi connectivity index (χ2n) is 9.71. The molecule has 4 saturated carbocycles. The summed E-state index contributed by atoms with van der Waals surface area (Å²) in [4.78, 5) is 0. The zero-order valence-electron chi connectivity index (χ0n) is 18.4. The van der Waals surface area contributed by atoms with Gasteiger partial charge in [-0.25, -0.2) is 0 Å². The molecule has 2 aromatic rings. The summed E-state index contributed by atoms with van der Waals surface area (Å²) in [6, 6.07) is 10.5. The van der Waals surface area contributed by atoms with E-state index in [9.17, 15) is 0 Å². The van der Waals surface area contributed by atoms with Crippen LogP contribution in [0.1, 0.15) is 50.2 Å². The van der Waals surface area contributed by atoms with Gasteiger partial charge >= 0.3 is 0 Å². The van der Waals surface area contributed by atoms with Gasteiger partial charge in [0.05, 0.1) is 21.1 Å². The van der Waals surface area contributed by atoms with E-state index < -0.39 is 0 Å². The summed E-state index contributed by atoms with van der Waals surface area (Å²) in [7, 11) is 0. The normalized spacial score (nSPS) is 28.2. The van der Waals surface area contributed by atoms with Crippen LogP contribution in [0.25, 0.3) is 0 Å². The maximum Gasteiger partial charge on any atom is 0.175 e. The fourth-order valence-electron chi connectivity index (χ4n) is 6.41. The second kappa shape index (κ2) is 9.74.